The number of hydrogen-bond acceptors (Lipinski definition) is 6. The Morgan fingerprint density at radius 2 is 1.90 bits per heavy atom. The van der Waals surface area contributed by atoms with Gasteiger partial charge in [0.25, 0.3) is 5.91 Å². The lowest BCUT2D eigenvalue weighted by Crippen LogP contribution is -2.14. The molecule has 2 heterocycles. The summed E-state index contributed by atoms with van der Waals surface area (Å²) in [6.07, 6.45) is 1.60. The number of methoxy groups -OCH3 is 2. The van der Waals surface area contributed by atoms with Crippen molar-refractivity contribution >= 4 is 11.9 Å². The Bertz CT molecular complexity index is 1190. The second-order valence-electron chi connectivity index (χ2n) is 6.15. The molecule has 0 saturated carbocycles. The molecule has 2 aromatic carbocycles. The van der Waals surface area contributed by atoms with Gasteiger partial charge in [0.05, 0.1) is 25.5 Å². The van der Waals surface area contributed by atoms with Gasteiger partial charge in [0, 0.05) is 12.3 Å². The molecule has 2 N–H and O–H groups in total. The zero-order valence-corrected chi connectivity index (χ0v) is 16.1. The molecule has 152 valence electrons. The molecule has 10 heteroatoms. The standard InChI is InChI=1S/C20H17FN6O3/c1-29-14-7-8-15(17(11-14)30-2)18-22-20(25-24-18)23-19(28)16-9-10-27(26-16)13-5-3-12(21)4-6-13/h3-11H,1-2H3,(H2,22,23,24,25,28). The smallest absolute Gasteiger partial charge is 0.278 e. The molecule has 0 aliphatic heterocycles. The SMILES string of the molecule is COc1ccc(-c2nc(NC(=O)c3ccn(-c4ccc(F)cc4)n3)n[nH]2)c(OC)c1. The van der Waals surface area contributed by atoms with E-state index in [1.165, 1.54) is 23.9 Å². The number of ether oxygens (including phenoxy) is 2. The van der Waals surface area contributed by atoms with Crippen molar-refractivity contribution in [2.45, 2.75) is 0 Å². The van der Waals surface area contributed by atoms with Gasteiger partial charge in [-0.1, -0.05) is 0 Å². The van der Waals surface area contributed by atoms with Crippen LogP contribution in [0.3, 0.4) is 0 Å². The van der Waals surface area contributed by atoms with Crippen molar-refractivity contribution < 1.29 is 18.7 Å². The summed E-state index contributed by atoms with van der Waals surface area (Å²) < 4.78 is 25.1. The molecule has 0 saturated heterocycles. The second-order valence-corrected chi connectivity index (χ2v) is 6.15. The summed E-state index contributed by atoms with van der Waals surface area (Å²) in [7, 11) is 3.10. The quantitative estimate of drug-likeness (QED) is 0.508. The molecule has 0 bridgehead atoms. The first-order valence-corrected chi connectivity index (χ1v) is 8.85. The van der Waals surface area contributed by atoms with Crippen molar-refractivity contribution in [3.8, 4) is 28.6 Å². The van der Waals surface area contributed by atoms with Crippen molar-refractivity contribution in [3.63, 3.8) is 0 Å². The number of carbonyl (C=O) groups excluding carboxylic acids is 1. The van der Waals surface area contributed by atoms with E-state index < -0.39 is 5.91 Å². The number of anilines is 1. The third-order valence-electron chi connectivity index (χ3n) is 4.29. The highest BCUT2D eigenvalue weighted by Crippen LogP contribution is 2.31. The van der Waals surface area contributed by atoms with E-state index in [1.54, 1.807) is 49.7 Å². The number of nitrogens with zero attached hydrogens (tertiary/aromatic N) is 4. The van der Waals surface area contributed by atoms with Crippen LogP contribution in [0.4, 0.5) is 10.3 Å². The molecular formula is C20H17FN6O3. The van der Waals surface area contributed by atoms with Crippen LogP contribution in [0.15, 0.2) is 54.7 Å². The minimum Gasteiger partial charge on any atom is -0.497 e. The third-order valence-corrected chi connectivity index (χ3v) is 4.29. The number of H-pyrrole nitrogens is 1. The Kier molecular flexibility index (Phi) is 5.12. The first-order chi connectivity index (χ1) is 14.6. The lowest BCUT2D eigenvalue weighted by Gasteiger charge is -2.07. The van der Waals surface area contributed by atoms with Crippen molar-refractivity contribution in [2.24, 2.45) is 0 Å². The minimum atomic E-state index is -0.483. The number of halogens is 1. The van der Waals surface area contributed by atoms with Gasteiger partial charge in [-0.25, -0.2) is 9.07 Å². The average molecular weight is 408 g/mol. The summed E-state index contributed by atoms with van der Waals surface area (Å²) in [6.45, 7) is 0. The highest BCUT2D eigenvalue weighted by atomic mass is 19.1. The Labute approximate surface area is 170 Å². The van der Waals surface area contributed by atoms with Gasteiger partial charge in [-0.15, -0.1) is 5.10 Å². The second kappa shape index (κ2) is 8.03. The highest BCUT2D eigenvalue weighted by molar-refractivity contribution is 6.01. The van der Waals surface area contributed by atoms with E-state index in [-0.39, 0.29) is 17.5 Å². The minimum absolute atomic E-state index is 0.0872. The van der Waals surface area contributed by atoms with E-state index in [4.69, 9.17) is 9.47 Å². The van der Waals surface area contributed by atoms with Crippen LogP contribution < -0.4 is 14.8 Å². The number of hydrogen-bond donors (Lipinski definition) is 2. The molecule has 0 spiro atoms. The van der Waals surface area contributed by atoms with Crippen LogP contribution in [0, 0.1) is 5.82 Å². The predicted octanol–water partition coefficient (Wildman–Crippen LogP) is 3.07. The molecule has 2 aromatic heterocycles. The van der Waals surface area contributed by atoms with Crippen molar-refractivity contribution in [3.05, 3.63) is 66.2 Å². The van der Waals surface area contributed by atoms with Gasteiger partial charge in [0.1, 0.15) is 17.3 Å². The summed E-state index contributed by atoms with van der Waals surface area (Å²) >= 11 is 0. The number of aromatic amines is 1. The maximum Gasteiger partial charge on any atom is 0.278 e. The molecule has 0 aliphatic rings. The topological polar surface area (TPSA) is 107 Å². The molecule has 0 unspecified atom stereocenters. The zero-order valence-electron chi connectivity index (χ0n) is 16.1. The average Bonchev–Trinajstić information content (AvgIpc) is 3.44. The van der Waals surface area contributed by atoms with E-state index in [0.717, 1.165) is 0 Å². The molecule has 30 heavy (non-hydrogen) atoms. The van der Waals surface area contributed by atoms with Gasteiger partial charge in [-0.2, -0.15) is 10.1 Å². The molecule has 4 aromatic rings. The number of aromatic nitrogens is 5. The fourth-order valence-electron chi connectivity index (χ4n) is 2.78. The molecule has 9 nitrogen and oxygen atoms in total. The number of nitrogens with one attached hydrogen (secondary N) is 2. The van der Waals surface area contributed by atoms with Gasteiger partial charge >= 0.3 is 0 Å². The number of benzene rings is 2. The molecule has 0 fully saturated rings. The number of amides is 1. The normalized spacial score (nSPS) is 10.6. The fourth-order valence-corrected chi connectivity index (χ4v) is 2.78. The summed E-state index contributed by atoms with van der Waals surface area (Å²) in [4.78, 5) is 16.8. The molecule has 0 radical (unpaired) electrons. The Hall–Kier alpha value is -4.21. The third kappa shape index (κ3) is 3.83. The molecule has 1 amide bonds. The van der Waals surface area contributed by atoms with Gasteiger partial charge in [0.2, 0.25) is 5.95 Å². The van der Waals surface area contributed by atoms with Crippen LogP contribution in [0.25, 0.3) is 17.1 Å². The van der Waals surface area contributed by atoms with Gasteiger partial charge in [-0.3, -0.25) is 15.2 Å². The largest absolute Gasteiger partial charge is 0.497 e. The lowest BCUT2D eigenvalue weighted by atomic mass is 10.2. The predicted molar refractivity (Wildman–Crippen MR) is 106 cm³/mol. The van der Waals surface area contributed by atoms with E-state index >= 15 is 0 Å². The lowest BCUT2D eigenvalue weighted by molar-refractivity contribution is 0.102. The summed E-state index contributed by atoms with van der Waals surface area (Å²) in [5.74, 6) is 0.855. The van der Waals surface area contributed by atoms with Crippen LogP contribution in [-0.2, 0) is 0 Å². The summed E-state index contributed by atoms with van der Waals surface area (Å²) in [5, 5.41) is 13.6. The van der Waals surface area contributed by atoms with Gasteiger partial charge in [-0.05, 0) is 42.5 Å². The maximum atomic E-state index is 13.1. The molecule has 0 atom stereocenters. The zero-order chi connectivity index (χ0) is 21.1. The van der Waals surface area contributed by atoms with E-state index in [9.17, 15) is 9.18 Å². The first-order valence-electron chi connectivity index (χ1n) is 8.85. The molecular weight excluding hydrogens is 391 g/mol. The van der Waals surface area contributed by atoms with Crippen molar-refractivity contribution in [1.29, 1.82) is 0 Å². The fraction of sp³-hybridized carbons (Fsp3) is 0.100. The van der Waals surface area contributed by atoms with Gasteiger partial charge < -0.3 is 9.47 Å². The Balaban J connectivity index is 1.50. The van der Waals surface area contributed by atoms with Crippen LogP contribution in [0.5, 0.6) is 11.5 Å². The van der Waals surface area contributed by atoms with E-state index in [1.807, 2.05) is 0 Å². The van der Waals surface area contributed by atoms with Crippen LogP contribution >= 0.6 is 0 Å². The highest BCUT2D eigenvalue weighted by Gasteiger charge is 2.16. The van der Waals surface area contributed by atoms with E-state index in [0.29, 0.717) is 28.6 Å². The van der Waals surface area contributed by atoms with E-state index in [2.05, 4.69) is 25.6 Å². The summed E-state index contributed by atoms with van der Waals surface area (Å²) in [5.41, 5.74) is 1.45. The van der Waals surface area contributed by atoms with Crippen LogP contribution in [0.1, 0.15) is 10.5 Å². The maximum absolute atomic E-state index is 13.1. The summed E-state index contributed by atoms with van der Waals surface area (Å²) in [6, 6.07) is 12.6. The number of rotatable bonds is 6. The Morgan fingerprint density at radius 3 is 2.63 bits per heavy atom. The Morgan fingerprint density at radius 1 is 1.10 bits per heavy atom. The molecule has 4 rings (SSSR count). The van der Waals surface area contributed by atoms with Crippen LogP contribution in [-0.4, -0.2) is 45.1 Å². The number of carbonyl (C=O) groups is 1. The molecule has 0 aliphatic carbocycles. The van der Waals surface area contributed by atoms with Crippen molar-refractivity contribution in [2.75, 3.05) is 19.5 Å². The monoisotopic (exact) mass is 408 g/mol. The van der Waals surface area contributed by atoms with Crippen LogP contribution in [0.2, 0.25) is 0 Å². The van der Waals surface area contributed by atoms with Gasteiger partial charge in [0.15, 0.2) is 11.5 Å². The first kappa shape index (κ1) is 19.1. The van der Waals surface area contributed by atoms with Crippen molar-refractivity contribution in [1.82, 2.24) is 25.0 Å².